The Labute approximate surface area is 266 Å². The zero-order valence-electron chi connectivity index (χ0n) is 28.5. The Morgan fingerprint density at radius 1 is 0.864 bits per heavy atom. The van der Waals surface area contributed by atoms with Gasteiger partial charge in [0.05, 0.1) is 6.10 Å². The van der Waals surface area contributed by atoms with Crippen LogP contribution in [0.5, 0.6) is 0 Å². The highest BCUT2D eigenvalue weighted by Crippen LogP contribution is 2.51. The average molecular weight is 597 g/mol. The van der Waals surface area contributed by atoms with Crippen molar-refractivity contribution in [2.45, 2.75) is 101 Å². The first-order chi connectivity index (χ1) is 20.4. The summed E-state index contributed by atoms with van der Waals surface area (Å²) < 4.78 is 0. The molecule has 0 radical (unpaired) electrons. The third kappa shape index (κ3) is 10.2. The maximum absolute atomic E-state index is 13.0. The average Bonchev–Trinajstić information content (AvgIpc) is 3.11. The second kappa shape index (κ2) is 15.4. The smallest absolute Gasteiger partial charge is 0.166 e. The molecule has 2 N–H and O–H groups in total. The monoisotopic (exact) mass is 596 g/mol. The van der Waals surface area contributed by atoms with Gasteiger partial charge in [0.2, 0.25) is 0 Å². The molecule has 2 atom stereocenters. The molecule has 0 aromatic heterocycles. The summed E-state index contributed by atoms with van der Waals surface area (Å²) in [4.78, 5) is 25.0. The van der Waals surface area contributed by atoms with Gasteiger partial charge in [0.1, 0.15) is 11.5 Å². The summed E-state index contributed by atoms with van der Waals surface area (Å²) in [5.41, 5.74) is 4.68. The van der Waals surface area contributed by atoms with E-state index in [1.165, 1.54) is 11.6 Å². The Balaban J connectivity index is 1.95. The molecule has 0 bridgehead atoms. The van der Waals surface area contributed by atoms with E-state index in [-0.39, 0.29) is 35.3 Å². The van der Waals surface area contributed by atoms with Crippen molar-refractivity contribution >= 4 is 11.6 Å². The number of allylic oxidation sites excluding steroid dienone is 16. The van der Waals surface area contributed by atoms with Gasteiger partial charge in [0.25, 0.3) is 0 Å². The molecule has 0 aromatic rings. The third-order valence-corrected chi connectivity index (χ3v) is 8.92. The molecule has 4 nitrogen and oxygen atoms in total. The van der Waals surface area contributed by atoms with Gasteiger partial charge in [0.15, 0.2) is 5.78 Å². The van der Waals surface area contributed by atoms with E-state index in [1.807, 2.05) is 96.2 Å². The van der Waals surface area contributed by atoms with Crippen molar-refractivity contribution < 1.29 is 19.8 Å². The maximum Gasteiger partial charge on any atom is 0.166 e. The van der Waals surface area contributed by atoms with Gasteiger partial charge in [-0.2, -0.15) is 0 Å². The van der Waals surface area contributed by atoms with Crippen LogP contribution in [0.1, 0.15) is 94.9 Å². The number of Topliss-reactive ketones (excluding diaryl/α,β-unsaturated/α-hetero) is 1. The van der Waals surface area contributed by atoms with Crippen LogP contribution in [0.2, 0.25) is 0 Å². The normalized spacial score (nSPS) is 25.4. The minimum atomic E-state index is -0.803. The van der Waals surface area contributed by atoms with E-state index < -0.39 is 10.8 Å². The van der Waals surface area contributed by atoms with Crippen LogP contribution in [0.15, 0.2) is 106 Å². The van der Waals surface area contributed by atoms with Gasteiger partial charge in [-0.1, -0.05) is 124 Å². The van der Waals surface area contributed by atoms with Crippen LogP contribution < -0.4 is 0 Å². The Morgan fingerprint density at radius 3 is 1.95 bits per heavy atom. The van der Waals surface area contributed by atoms with Gasteiger partial charge in [0, 0.05) is 35.3 Å². The van der Waals surface area contributed by atoms with Gasteiger partial charge in [-0.15, -0.1) is 0 Å². The molecule has 0 aromatic carbocycles. The molecule has 44 heavy (non-hydrogen) atoms. The second-order valence-electron chi connectivity index (χ2n) is 14.0. The number of hydrogen-bond donors (Lipinski definition) is 2. The Hall–Kier alpha value is -3.68. The van der Waals surface area contributed by atoms with Crippen molar-refractivity contribution in [3.63, 3.8) is 0 Å². The summed E-state index contributed by atoms with van der Waals surface area (Å²) in [5, 5.41) is 20.6. The highest BCUT2D eigenvalue weighted by atomic mass is 16.3. The Morgan fingerprint density at radius 2 is 1.43 bits per heavy atom. The summed E-state index contributed by atoms with van der Waals surface area (Å²) in [6.45, 7) is 19.8. The van der Waals surface area contributed by atoms with Crippen LogP contribution in [-0.4, -0.2) is 27.9 Å². The lowest BCUT2D eigenvalue weighted by Gasteiger charge is -2.35. The molecule has 1 unspecified atom stereocenters. The first kappa shape index (κ1) is 36.5. The molecule has 1 saturated carbocycles. The van der Waals surface area contributed by atoms with Crippen molar-refractivity contribution in [3.8, 4) is 11.8 Å². The van der Waals surface area contributed by atoms with Crippen LogP contribution in [0.3, 0.4) is 0 Å². The predicted octanol–water partition coefficient (Wildman–Crippen LogP) is 9.35. The fourth-order valence-corrected chi connectivity index (χ4v) is 5.78. The van der Waals surface area contributed by atoms with Crippen molar-refractivity contribution in [2.24, 2.45) is 16.2 Å². The SMILES string of the molecule is CC1=C(C#C/C(C)=C/C=C/C(C)=C/C=C/C=C(C)/C=C/C=C(C)/C(O)=C/C(=O)C2(C)CC(=O)CC2(C)C)C(C)(C)C[C@H](O)C1. The standard InChI is InChI=1S/C40H52O4/c1-28(17-13-18-30(3)21-22-35-32(5)23-33(41)25-38(35,6)7)15-11-12-16-29(2)19-14-20-31(4)36(43)24-37(44)40(10)27-34(42)26-39(40,8)9/h11-20,24,33,41,43H,23,25-27H2,1-10H3/b12-11+,17-13+,19-14+,28-15+,29-16+,30-18+,31-20+,36-24-/t33-,40?/m1/s1. The largest absolute Gasteiger partial charge is 0.508 e. The van der Waals surface area contributed by atoms with Gasteiger partial charge < -0.3 is 10.2 Å². The van der Waals surface area contributed by atoms with Crippen molar-refractivity contribution in [1.29, 1.82) is 0 Å². The number of hydrogen-bond acceptors (Lipinski definition) is 4. The van der Waals surface area contributed by atoms with E-state index in [9.17, 15) is 19.8 Å². The molecule has 0 amide bonds. The summed E-state index contributed by atoms with van der Waals surface area (Å²) >= 11 is 0. The van der Waals surface area contributed by atoms with Gasteiger partial charge >= 0.3 is 0 Å². The fourth-order valence-electron chi connectivity index (χ4n) is 5.78. The molecule has 4 heteroatoms. The highest BCUT2D eigenvalue weighted by Gasteiger charge is 2.53. The molecule has 236 valence electrons. The van der Waals surface area contributed by atoms with Crippen LogP contribution in [0.25, 0.3) is 0 Å². The number of rotatable bonds is 9. The molecule has 0 spiro atoms. The number of aliphatic hydroxyl groups excluding tert-OH is 2. The molecule has 0 aliphatic heterocycles. The van der Waals surface area contributed by atoms with Gasteiger partial charge in [-0.3, -0.25) is 9.59 Å². The second-order valence-corrected chi connectivity index (χ2v) is 14.0. The molecule has 0 heterocycles. The lowest BCUT2D eigenvalue weighted by molar-refractivity contribution is -0.128. The molecular formula is C40H52O4. The highest BCUT2D eigenvalue weighted by molar-refractivity contribution is 6.01. The van der Waals surface area contributed by atoms with Crippen molar-refractivity contribution in [1.82, 2.24) is 0 Å². The Bertz CT molecular complexity index is 1460. The summed E-state index contributed by atoms with van der Waals surface area (Å²) in [6.07, 6.45) is 22.6. The zero-order valence-corrected chi connectivity index (χ0v) is 28.5. The number of aliphatic hydroxyl groups is 2. The fraction of sp³-hybridized carbons (Fsp3) is 0.450. The zero-order chi connectivity index (χ0) is 33.3. The topological polar surface area (TPSA) is 74.6 Å². The molecule has 2 aliphatic rings. The lowest BCUT2D eigenvalue weighted by Crippen LogP contribution is -2.36. The van der Waals surface area contributed by atoms with Crippen LogP contribution in [0.4, 0.5) is 0 Å². The van der Waals surface area contributed by atoms with Crippen LogP contribution >= 0.6 is 0 Å². The van der Waals surface area contributed by atoms with E-state index in [4.69, 9.17) is 0 Å². The molecule has 2 aliphatic carbocycles. The number of ketones is 2. The quantitative estimate of drug-likeness (QED) is 0.120. The van der Waals surface area contributed by atoms with Crippen LogP contribution in [-0.2, 0) is 9.59 Å². The predicted molar refractivity (Wildman–Crippen MR) is 184 cm³/mol. The van der Waals surface area contributed by atoms with E-state index in [0.717, 1.165) is 28.7 Å². The van der Waals surface area contributed by atoms with E-state index >= 15 is 0 Å². The Kier molecular flexibility index (Phi) is 12.7. The third-order valence-electron chi connectivity index (χ3n) is 8.92. The van der Waals surface area contributed by atoms with E-state index in [2.05, 4.69) is 32.6 Å². The van der Waals surface area contributed by atoms with E-state index in [1.54, 1.807) is 13.0 Å². The number of carbonyl (C=O) groups excluding carboxylic acids is 2. The molecule has 1 fully saturated rings. The summed E-state index contributed by atoms with van der Waals surface area (Å²) in [7, 11) is 0. The lowest BCUT2D eigenvalue weighted by atomic mass is 9.66. The first-order valence-electron chi connectivity index (χ1n) is 15.5. The van der Waals surface area contributed by atoms with Gasteiger partial charge in [-0.05, 0) is 64.0 Å². The first-order valence-corrected chi connectivity index (χ1v) is 15.5. The number of carbonyl (C=O) groups is 2. The van der Waals surface area contributed by atoms with Crippen LogP contribution in [0, 0.1) is 28.1 Å². The van der Waals surface area contributed by atoms with Crippen molar-refractivity contribution in [3.05, 3.63) is 106 Å². The molecule has 0 saturated heterocycles. The van der Waals surface area contributed by atoms with Gasteiger partial charge in [-0.25, -0.2) is 0 Å². The molecular weight excluding hydrogens is 544 g/mol. The van der Waals surface area contributed by atoms with Crippen molar-refractivity contribution in [2.75, 3.05) is 0 Å². The maximum atomic E-state index is 13.0. The van der Waals surface area contributed by atoms with E-state index in [0.29, 0.717) is 18.4 Å². The minimum absolute atomic E-state index is 0.0790. The summed E-state index contributed by atoms with van der Waals surface area (Å²) in [5.74, 6) is 6.43. The summed E-state index contributed by atoms with van der Waals surface area (Å²) in [6, 6.07) is 0. The molecule has 2 rings (SSSR count). The minimum Gasteiger partial charge on any atom is -0.508 e.